The highest BCUT2D eigenvalue weighted by atomic mass is 19.1. The van der Waals surface area contributed by atoms with Crippen molar-refractivity contribution in [2.24, 2.45) is 0 Å². The molecule has 0 amide bonds. The van der Waals surface area contributed by atoms with Gasteiger partial charge in [-0.15, -0.1) is 0 Å². The van der Waals surface area contributed by atoms with E-state index in [4.69, 9.17) is 0 Å². The summed E-state index contributed by atoms with van der Waals surface area (Å²) in [4.78, 5) is 2.12. The van der Waals surface area contributed by atoms with Crippen LogP contribution in [0.5, 0.6) is 0 Å². The first-order valence-electron chi connectivity index (χ1n) is 6.98. The zero-order valence-electron chi connectivity index (χ0n) is 11.3. The first kappa shape index (κ1) is 14.3. The minimum absolute atomic E-state index is 0.0606. The van der Waals surface area contributed by atoms with E-state index in [9.17, 15) is 14.6 Å². The van der Waals surface area contributed by atoms with Crippen molar-refractivity contribution in [3.63, 3.8) is 0 Å². The van der Waals surface area contributed by atoms with Crippen LogP contribution in [0.15, 0.2) is 18.2 Å². The molecule has 2 atom stereocenters. The van der Waals surface area contributed by atoms with Crippen LogP contribution in [0.2, 0.25) is 0 Å². The molecule has 1 aliphatic rings. The number of aliphatic hydroxyl groups excluding tert-OH is 2. The fraction of sp³-hybridized carbons (Fsp3) is 0.600. The fourth-order valence-corrected chi connectivity index (χ4v) is 2.81. The smallest absolute Gasteiger partial charge is 0.123 e. The van der Waals surface area contributed by atoms with Gasteiger partial charge in [0.25, 0.3) is 0 Å². The molecule has 2 N–H and O–H groups in total. The van der Waals surface area contributed by atoms with Gasteiger partial charge in [0.1, 0.15) is 5.82 Å². The molecule has 1 saturated heterocycles. The molecule has 106 valence electrons. The van der Waals surface area contributed by atoms with Crippen molar-refractivity contribution in [3.8, 4) is 0 Å². The molecule has 1 aromatic rings. The number of hydrogen-bond donors (Lipinski definition) is 2. The molecule has 2 rings (SSSR count). The predicted octanol–water partition coefficient (Wildman–Crippen LogP) is 2.62. The molecule has 0 saturated carbocycles. The largest absolute Gasteiger partial charge is 0.394 e. The van der Waals surface area contributed by atoms with Crippen LogP contribution < -0.4 is 4.90 Å². The monoisotopic (exact) mass is 267 g/mol. The van der Waals surface area contributed by atoms with Crippen LogP contribution in [0.1, 0.15) is 44.3 Å². The summed E-state index contributed by atoms with van der Waals surface area (Å²) < 4.78 is 13.4. The molecule has 0 spiro atoms. The molecule has 1 aliphatic heterocycles. The first-order valence-corrected chi connectivity index (χ1v) is 6.98. The van der Waals surface area contributed by atoms with Crippen LogP contribution in [0.25, 0.3) is 0 Å². The van der Waals surface area contributed by atoms with E-state index in [1.165, 1.54) is 12.1 Å². The Morgan fingerprint density at radius 1 is 1.37 bits per heavy atom. The third kappa shape index (κ3) is 3.25. The van der Waals surface area contributed by atoms with E-state index in [1.807, 2.05) is 0 Å². The average molecular weight is 267 g/mol. The molecular formula is C15H22FNO2. The fourth-order valence-electron chi connectivity index (χ4n) is 2.81. The van der Waals surface area contributed by atoms with E-state index in [1.54, 1.807) is 13.0 Å². The Hall–Kier alpha value is -1.13. The topological polar surface area (TPSA) is 43.7 Å². The molecular weight excluding hydrogens is 245 g/mol. The lowest BCUT2D eigenvalue weighted by atomic mass is 10.0. The molecule has 19 heavy (non-hydrogen) atoms. The Morgan fingerprint density at radius 2 is 2.16 bits per heavy atom. The van der Waals surface area contributed by atoms with Crippen molar-refractivity contribution in [2.45, 2.75) is 44.8 Å². The van der Waals surface area contributed by atoms with Gasteiger partial charge in [-0.1, -0.05) is 12.8 Å². The van der Waals surface area contributed by atoms with Crippen LogP contribution in [0, 0.1) is 5.82 Å². The van der Waals surface area contributed by atoms with E-state index in [0.29, 0.717) is 5.56 Å². The van der Waals surface area contributed by atoms with Crippen LogP contribution in [0.4, 0.5) is 10.1 Å². The van der Waals surface area contributed by atoms with E-state index in [0.717, 1.165) is 37.9 Å². The van der Waals surface area contributed by atoms with Gasteiger partial charge < -0.3 is 15.1 Å². The highest BCUT2D eigenvalue weighted by Crippen LogP contribution is 2.31. The van der Waals surface area contributed by atoms with Gasteiger partial charge >= 0.3 is 0 Å². The predicted molar refractivity (Wildman–Crippen MR) is 73.7 cm³/mol. The number of aliphatic hydroxyl groups is 2. The summed E-state index contributed by atoms with van der Waals surface area (Å²) in [6.07, 6.45) is 3.54. The molecule has 0 bridgehead atoms. The minimum Gasteiger partial charge on any atom is -0.394 e. The van der Waals surface area contributed by atoms with Crippen LogP contribution in [-0.2, 0) is 0 Å². The summed E-state index contributed by atoms with van der Waals surface area (Å²) in [7, 11) is 0. The molecule has 1 fully saturated rings. The Labute approximate surface area is 113 Å². The normalized spacial score (nSPS) is 22.1. The lowest BCUT2D eigenvalue weighted by molar-refractivity contribution is 0.198. The summed E-state index contributed by atoms with van der Waals surface area (Å²) in [6, 6.07) is 4.58. The van der Waals surface area contributed by atoms with Crippen molar-refractivity contribution in [2.75, 3.05) is 18.1 Å². The molecule has 1 unspecified atom stereocenters. The second-order valence-electron chi connectivity index (χ2n) is 5.26. The summed E-state index contributed by atoms with van der Waals surface area (Å²) in [5, 5.41) is 19.4. The number of halogens is 1. The van der Waals surface area contributed by atoms with E-state index in [-0.39, 0.29) is 18.5 Å². The van der Waals surface area contributed by atoms with E-state index >= 15 is 0 Å². The van der Waals surface area contributed by atoms with Gasteiger partial charge in [-0.2, -0.15) is 0 Å². The maximum absolute atomic E-state index is 13.4. The van der Waals surface area contributed by atoms with E-state index < -0.39 is 6.10 Å². The number of rotatable bonds is 3. The number of hydrogen-bond acceptors (Lipinski definition) is 3. The number of benzene rings is 1. The molecule has 0 aromatic heterocycles. The van der Waals surface area contributed by atoms with Crippen LogP contribution in [0.3, 0.4) is 0 Å². The summed E-state index contributed by atoms with van der Waals surface area (Å²) in [6.45, 7) is 2.58. The van der Waals surface area contributed by atoms with Gasteiger partial charge in [0.05, 0.1) is 18.8 Å². The van der Waals surface area contributed by atoms with Crippen molar-refractivity contribution in [1.29, 1.82) is 0 Å². The second-order valence-corrected chi connectivity index (χ2v) is 5.26. The standard InChI is InChI=1S/C15H22FNO2/c1-11(19)14-9-12(16)6-7-15(14)17-8-4-2-3-5-13(17)10-18/h6-7,9,11,13,18-19H,2-5,8,10H2,1H3/t11-,13?/m1/s1. The van der Waals surface area contributed by atoms with Crippen LogP contribution >= 0.6 is 0 Å². The minimum atomic E-state index is -0.715. The van der Waals surface area contributed by atoms with Gasteiger partial charge in [0, 0.05) is 17.8 Å². The van der Waals surface area contributed by atoms with Crippen LogP contribution in [-0.4, -0.2) is 29.4 Å². The summed E-state index contributed by atoms with van der Waals surface area (Å²) in [5.41, 5.74) is 1.44. The molecule has 0 aliphatic carbocycles. The number of anilines is 1. The number of nitrogens with zero attached hydrogens (tertiary/aromatic N) is 1. The maximum atomic E-state index is 13.4. The quantitative estimate of drug-likeness (QED) is 0.884. The molecule has 0 radical (unpaired) electrons. The third-order valence-corrected chi connectivity index (χ3v) is 3.84. The zero-order chi connectivity index (χ0) is 13.8. The molecule has 4 heteroatoms. The van der Waals surface area contributed by atoms with E-state index in [2.05, 4.69) is 4.90 Å². The lowest BCUT2D eigenvalue weighted by Crippen LogP contribution is -2.38. The Morgan fingerprint density at radius 3 is 2.84 bits per heavy atom. The van der Waals surface area contributed by atoms with Crippen molar-refractivity contribution in [1.82, 2.24) is 0 Å². The molecule has 1 heterocycles. The summed E-state index contributed by atoms with van der Waals surface area (Å²) in [5.74, 6) is -0.338. The second kappa shape index (κ2) is 6.35. The lowest BCUT2D eigenvalue weighted by Gasteiger charge is -2.33. The SMILES string of the molecule is C[C@@H](O)c1cc(F)ccc1N1CCCCCC1CO. The molecule has 3 nitrogen and oxygen atoms in total. The summed E-state index contributed by atoms with van der Waals surface area (Å²) >= 11 is 0. The average Bonchev–Trinajstić information content (AvgIpc) is 2.63. The Kier molecular flexibility index (Phi) is 4.77. The van der Waals surface area contributed by atoms with Gasteiger partial charge in [-0.3, -0.25) is 0 Å². The first-order chi connectivity index (χ1) is 9.13. The van der Waals surface area contributed by atoms with Gasteiger partial charge in [0.2, 0.25) is 0 Å². The Bertz CT molecular complexity index is 423. The highest BCUT2D eigenvalue weighted by molar-refractivity contribution is 5.55. The van der Waals surface area contributed by atoms with Crippen molar-refractivity contribution >= 4 is 5.69 Å². The maximum Gasteiger partial charge on any atom is 0.123 e. The van der Waals surface area contributed by atoms with Gasteiger partial charge in [-0.25, -0.2) is 4.39 Å². The zero-order valence-corrected chi connectivity index (χ0v) is 11.3. The Balaban J connectivity index is 2.37. The third-order valence-electron chi connectivity index (χ3n) is 3.84. The van der Waals surface area contributed by atoms with Gasteiger partial charge in [0.15, 0.2) is 0 Å². The van der Waals surface area contributed by atoms with Crippen molar-refractivity contribution in [3.05, 3.63) is 29.6 Å². The molecule has 1 aromatic carbocycles. The highest BCUT2D eigenvalue weighted by Gasteiger charge is 2.23. The van der Waals surface area contributed by atoms with Crippen molar-refractivity contribution < 1.29 is 14.6 Å². The van der Waals surface area contributed by atoms with Gasteiger partial charge in [-0.05, 0) is 38.0 Å².